The molecule has 2 aromatic carbocycles. The summed E-state index contributed by atoms with van der Waals surface area (Å²) in [4.78, 5) is 15.6. The van der Waals surface area contributed by atoms with E-state index in [2.05, 4.69) is 16.4 Å². The van der Waals surface area contributed by atoms with Gasteiger partial charge in [0.15, 0.2) is 0 Å². The van der Waals surface area contributed by atoms with E-state index < -0.39 is 6.10 Å². The number of aryl methyl sites for hydroxylation is 2. The van der Waals surface area contributed by atoms with E-state index in [1.54, 1.807) is 0 Å². The number of hydrogen-bond acceptors (Lipinski definition) is 2. The molecule has 0 saturated heterocycles. The third-order valence-corrected chi connectivity index (χ3v) is 4.25. The standard InChI is InChI=1S/C20H22N2O2/c1-13-8-9-18-17(10-13)14(2)19(22-18)20(24)21-12-16(23)11-15-6-4-3-5-7-15/h3-10,16,22-23H,11-12H2,1-2H3,(H,21,24). The van der Waals surface area contributed by atoms with Gasteiger partial charge < -0.3 is 15.4 Å². The average molecular weight is 322 g/mol. The summed E-state index contributed by atoms with van der Waals surface area (Å²) in [6.45, 7) is 4.20. The van der Waals surface area contributed by atoms with Gasteiger partial charge in [0.1, 0.15) is 5.69 Å². The summed E-state index contributed by atoms with van der Waals surface area (Å²) in [7, 11) is 0. The molecule has 3 aromatic rings. The predicted octanol–water partition coefficient (Wildman–Crippen LogP) is 3.12. The fourth-order valence-corrected chi connectivity index (χ4v) is 2.92. The number of aliphatic hydroxyl groups excluding tert-OH is 1. The van der Waals surface area contributed by atoms with Gasteiger partial charge in [0.2, 0.25) is 0 Å². The number of hydrogen-bond donors (Lipinski definition) is 3. The number of fused-ring (bicyclic) bond motifs is 1. The quantitative estimate of drug-likeness (QED) is 0.676. The van der Waals surface area contributed by atoms with E-state index >= 15 is 0 Å². The molecule has 0 bridgehead atoms. The highest BCUT2D eigenvalue weighted by molar-refractivity contribution is 6.01. The van der Waals surface area contributed by atoms with Crippen LogP contribution in [0, 0.1) is 13.8 Å². The molecule has 124 valence electrons. The first-order valence-corrected chi connectivity index (χ1v) is 8.13. The van der Waals surface area contributed by atoms with Crippen LogP contribution in [-0.4, -0.2) is 28.6 Å². The number of nitrogens with one attached hydrogen (secondary N) is 2. The third-order valence-electron chi connectivity index (χ3n) is 4.25. The number of aliphatic hydroxyl groups is 1. The Bertz CT molecular complexity index is 853. The Balaban J connectivity index is 1.66. The molecule has 3 N–H and O–H groups in total. The SMILES string of the molecule is Cc1ccc2[nH]c(C(=O)NCC(O)Cc3ccccc3)c(C)c2c1. The predicted molar refractivity (Wildman–Crippen MR) is 96.3 cm³/mol. The second kappa shape index (κ2) is 6.89. The van der Waals surface area contributed by atoms with E-state index in [4.69, 9.17) is 0 Å². The van der Waals surface area contributed by atoms with Gasteiger partial charge in [0.25, 0.3) is 5.91 Å². The number of rotatable bonds is 5. The zero-order valence-corrected chi connectivity index (χ0v) is 14.0. The highest BCUT2D eigenvalue weighted by Gasteiger charge is 2.16. The van der Waals surface area contributed by atoms with Gasteiger partial charge >= 0.3 is 0 Å². The molecule has 0 aliphatic heterocycles. The van der Waals surface area contributed by atoms with Crippen LogP contribution < -0.4 is 5.32 Å². The summed E-state index contributed by atoms with van der Waals surface area (Å²) in [5.74, 6) is -0.187. The molecule has 0 spiro atoms. The van der Waals surface area contributed by atoms with Crippen LogP contribution in [0.25, 0.3) is 10.9 Å². The number of amides is 1. The second-order valence-corrected chi connectivity index (χ2v) is 6.23. The lowest BCUT2D eigenvalue weighted by molar-refractivity contribution is 0.0911. The van der Waals surface area contributed by atoms with Gasteiger partial charge in [-0.2, -0.15) is 0 Å². The minimum Gasteiger partial charge on any atom is -0.391 e. The largest absolute Gasteiger partial charge is 0.391 e. The van der Waals surface area contributed by atoms with Crippen LogP contribution in [0.3, 0.4) is 0 Å². The molecule has 4 nitrogen and oxygen atoms in total. The zero-order valence-electron chi connectivity index (χ0n) is 14.0. The lowest BCUT2D eigenvalue weighted by atomic mass is 10.1. The van der Waals surface area contributed by atoms with E-state index in [0.29, 0.717) is 12.1 Å². The van der Waals surface area contributed by atoms with Crippen molar-refractivity contribution in [2.24, 2.45) is 0 Å². The van der Waals surface area contributed by atoms with E-state index in [1.807, 2.05) is 56.3 Å². The van der Waals surface area contributed by atoms with Gasteiger partial charge in [0.05, 0.1) is 6.10 Å². The number of H-pyrrole nitrogens is 1. The van der Waals surface area contributed by atoms with Crippen LogP contribution in [-0.2, 0) is 6.42 Å². The van der Waals surface area contributed by atoms with Gasteiger partial charge in [-0.15, -0.1) is 0 Å². The summed E-state index contributed by atoms with van der Waals surface area (Å²) in [5.41, 5.74) is 4.66. The zero-order chi connectivity index (χ0) is 17.1. The van der Waals surface area contributed by atoms with Crippen molar-refractivity contribution >= 4 is 16.8 Å². The molecule has 1 heterocycles. The van der Waals surface area contributed by atoms with E-state index in [-0.39, 0.29) is 12.5 Å². The molecule has 24 heavy (non-hydrogen) atoms. The number of carbonyl (C=O) groups excluding carboxylic acids is 1. The second-order valence-electron chi connectivity index (χ2n) is 6.23. The molecule has 1 unspecified atom stereocenters. The minimum absolute atomic E-state index is 0.187. The van der Waals surface area contributed by atoms with Gasteiger partial charge in [-0.25, -0.2) is 0 Å². The van der Waals surface area contributed by atoms with Crippen molar-refractivity contribution in [3.05, 3.63) is 70.9 Å². The fraction of sp³-hybridized carbons (Fsp3) is 0.250. The maximum Gasteiger partial charge on any atom is 0.268 e. The monoisotopic (exact) mass is 322 g/mol. The topological polar surface area (TPSA) is 65.1 Å². The molecular weight excluding hydrogens is 300 g/mol. The molecule has 3 rings (SSSR count). The van der Waals surface area contributed by atoms with Crippen LogP contribution in [0.2, 0.25) is 0 Å². The van der Waals surface area contributed by atoms with Gasteiger partial charge in [-0.1, -0.05) is 42.0 Å². The first kappa shape index (κ1) is 16.3. The number of aromatic amines is 1. The maximum atomic E-state index is 12.4. The number of benzene rings is 2. The lowest BCUT2D eigenvalue weighted by Gasteiger charge is -2.12. The Morgan fingerprint density at radius 2 is 1.92 bits per heavy atom. The van der Waals surface area contributed by atoms with Gasteiger partial charge in [-0.3, -0.25) is 4.79 Å². The summed E-state index contributed by atoms with van der Waals surface area (Å²) < 4.78 is 0. The smallest absolute Gasteiger partial charge is 0.268 e. The van der Waals surface area contributed by atoms with E-state index in [1.165, 1.54) is 0 Å². The van der Waals surface area contributed by atoms with Crippen molar-refractivity contribution in [1.29, 1.82) is 0 Å². The Hall–Kier alpha value is -2.59. The average Bonchev–Trinajstić information content (AvgIpc) is 2.90. The highest BCUT2D eigenvalue weighted by atomic mass is 16.3. The molecule has 0 aliphatic carbocycles. The fourth-order valence-electron chi connectivity index (χ4n) is 2.92. The molecule has 1 amide bonds. The first-order valence-electron chi connectivity index (χ1n) is 8.13. The molecule has 0 saturated carbocycles. The molecule has 4 heteroatoms. The molecular formula is C20H22N2O2. The van der Waals surface area contributed by atoms with Crippen molar-refractivity contribution < 1.29 is 9.90 Å². The van der Waals surface area contributed by atoms with Crippen molar-refractivity contribution in [3.63, 3.8) is 0 Å². The van der Waals surface area contributed by atoms with Crippen LogP contribution in [0.1, 0.15) is 27.2 Å². The van der Waals surface area contributed by atoms with Crippen molar-refractivity contribution in [1.82, 2.24) is 10.3 Å². The Morgan fingerprint density at radius 1 is 1.17 bits per heavy atom. The summed E-state index contributed by atoms with van der Waals surface area (Å²) in [6, 6.07) is 15.8. The number of aromatic nitrogens is 1. The maximum absolute atomic E-state index is 12.4. The molecule has 1 aromatic heterocycles. The summed E-state index contributed by atoms with van der Waals surface area (Å²) in [6.07, 6.45) is -0.0882. The molecule has 0 fully saturated rings. The third kappa shape index (κ3) is 3.49. The van der Waals surface area contributed by atoms with Crippen LogP contribution in [0.5, 0.6) is 0 Å². The van der Waals surface area contributed by atoms with Crippen LogP contribution >= 0.6 is 0 Å². The Kier molecular flexibility index (Phi) is 4.67. The van der Waals surface area contributed by atoms with Crippen LogP contribution in [0.15, 0.2) is 48.5 Å². The summed E-state index contributed by atoms with van der Waals surface area (Å²) in [5, 5.41) is 14.0. The van der Waals surface area contributed by atoms with Crippen molar-refractivity contribution in [3.8, 4) is 0 Å². The molecule has 0 radical (unpaired) electrons. The highest BCUT2D eigenvalue weighted by Crippen LogP contribution is 2.22. The van der Waals surface area contributed by atoms with Crippen molar-refractivity contribution in [2.45, 2.75) is 26.4 Å². The van der Waals surface area contributed by atoms with Crippen LogP contribution in [0.4, 0.5) is 0 Å². The minimum atomic E-state index is -0.608. The Morgan fingerprint density at radius 3 is 2.67 bits per heavy atom. The first-order chi connectivity index (χ1) is 11.5. The molecule has 1 atom stereocenters. The summed E-state index contributed by atoms with van der Waals surface area (Å²) >= 11 is 0. The van der Waals surface area contributed by atoms with E-state index in [0.717, 1.165) is 27.6 Å². The van der Waals surface area contributed by atoms with Crippen molar-refractivity contribution in [2.75, 3.05) is 6.54 Å². The van der Waals surface area contributed by atoms with Gasteiger partial charge in [0, 0.05) is 23.9 Å². The Labute approximate surface area is 141 Å². The molecule has 0 aliphatic rings. The van der Waals surface area contributed by atoms with Gasteiger partial charge in [-0.05, 0) is 37.1 Å². The van der Waals surface area contributed by atoms with E-state index in [9.17, 15) is 9.90 Å². The number of carbonyl (C=O) groups is 1. The lowest BCUT2D eigenvalue weighted by Crippen LogP contribution is -2.33. The normalized spacial score (nSPS) is 12.3.